The Morgan fingerprint density at radius 3 is 1.26 bits per heavy atom. The molecule has 0 atom stereocenters. The summed E-state index contributed by atoms with van der Waals surface area (Å²) in [4.78, 5) is 0. The second-order valence-electron chi connectivity index (χ2n) is 8.65. The number of rotatable bonds is 4. The molecule has 0 nitrogen and oxygen atoms in total. The zero-order valence-corrected chi connectivity index (χ0v) is 27.9. The Bertz CT molecular complexity index is 1230. The molecule has 0 unspecified atom stereocenters. The molecule has 4 radical (unpaired) electrons. The zero-order chi connectivity index (χ0) is 29.6. The molecule has 0 aliphatic heterocycles. The van der Waals surface area contributed by atoms with E-state index in [0.717, 1.165) is 23.5 Å². The smallest absolute Gasteiger partial charge is 0.278 e. The Hall–Kier alpha value is -1.47. The summed E-state index contributed by atoms with van der Waals surface area (Å²) in [6, 6.07) is 8.93. The van der Waals surface area contributed by atoms with Gasteiger partial charge in [-0.25, -0.2) is 38.5 Å². The van der Waals surface area contributed by atoms with Gasteiger partial charge >= 0.3 is 26.2 Å². The van der Waals surface area contributed by atoms with Crippen molar-refractivity contribution in [3.05, 3.63) is 118 Å². The van der Waals surface area contributed by atoms with Gasteiger partial charge in [0.15, 0.2) is 0 Å². The maximum Gasteiger partial charge on any atom is 3.00 e. The third-order valence-electron chi connectivity index (χ3n) is 5.30. The van der Waals surface area contributed by atoms with Crippen molar-refractivity contribution in [2.24, 2.45) is 0 Å². The molecule has 1 aliphatic carbocycles. The Morgan fingerprint density at radius 1 is 0.628 bits per heavy atom. The van der Waals surface area contributed by atoms with Crippen molar-refractivity contribution >= 4 is 46.5 Å². The molecule has 3 aromatic carbocycles. The molecule has 0 aromatic heterocycles. The quantitative estimate of drug-likeness (QED) is 0.0623. The summed E-state index contributed by atoms with van der Waals surface area (Å²) < 4.78 is 120. The van der Waals surface area contributed by atoms with Gasteiger partial charge in [0.05, 0.1) is 58.2 Å². The molecule has 0 heterocycles. The maximum absolute atomic E-state index is 12.0. The van der Waals surface area contributed by atoms with Gasteiger partial charge < -0.3 is 0 Å². The van der Waals surface area contributed by atoms with E-state index in [1.807, 2.05) is 0 Å². The van der Waals surface area contributed by atoms with Gasteiger partial charge in [-0.05, 0) is 17.2 Å². The van der Waals surface area contributed by atoms with Gasteiger partial charge in [-0.15, -0.1) is 47.8 Å². The third-order valence-corrected chi connectivity index (χ3v) is 8.49. The predicted molar refractivity (Wildman–Crippen MR) is 150 cm³/mol. The minimum atomic E-state index is -2.17. The fraction of sp³-hybridized carbons (Fsp3) is 0.250. The monoisotopic (exact) mass is 752 g/mol. The first-order valence-electron chi connectivity index (χ1n) is 11.4. The van der Waals surface area contributed by atoms with Crippen LogP contribution in [0, 0.1) is 70.3 Å². The van der Waals surface area contributed by atoms with E-state index in [9.17, 15) is 43.9 Å². The summed E-state index contributed by atoms with van der Waals surface area (Å²) in [6.07, 6.45) is 8.92. The van der Waals surface area contributed by atoms with E-state index in [1.54, 1.807) is 5.30 Å². The molecular weight excluding hydrogens is 730 g/mol. The van der Waals surface area contributed by atoms with Crippen molar-refractivity contribution < 1.29 is 70.1 Å². The van der Waals surface area contributed by atoms with Gasteiger partial charge in [0.2, 0.25) is 0 Å². The molecular formula is C28H24BCl2F10PZr. The van der Waals surface area contributed by atoms with E-state index in [2.05, 4.69) is 70.2 Å². The van der Waals surface area contributed by atoms with Crippen LogP contribution in [-0.2, 0) is 26.2 Å². The van der Waals surface area contributed by atoms with Crippen LogP contribution in [0.2, 0.25) is 0 Å². The van der Waals surface area contributed by atoms with Crippen LogP contribution in [0.3, 0.4) is 0 Å². The predicted octanol–water partition coefficient (Wildman–Crippen LogP) is 9.36. The molecule has 3 aromatic rings. The summed E-state index contributed by atoms with van der Waals surface area (Å²) in [5.41, 5.74) is 3.06. The molecule has 0 amide bonds. The van der Waals surface area contributed by atoms with Crippen molar-refractivity contribution in [2.75, 3.05) is 0 Å². The van der Waals surface area contributed by atoms with E-state index in [-0.39, 0.29) is 67.4 Å². The minimum Gasteiger partial charge on any atom is -0.278 e. The number of hydrogen-bond donors (Lipinski definition) is 0. The average Bonchev–Trinajstić information content (AvgIpc) is 3.57. The van der Waals surface area contributed by atoms with Gasteiger partial charge in [0.1, 0.15) is 0 Å². The fourth-order valence-corrected chi connectivity index (χ4v) is 6.81. The van der Waals surface area contributed by atoms with E-state index in [0.29, 0.717) is 5.92 Å². The second-order valence-corrected chi connectivity index (χ2v) is 12.0. The number of halogens is 12. The van der Waals surface area contributed by atoms with E-state index in [4.69, 9.17) is 0 Å². The Labute approximate surface area is 278 Å². The average molecular weight is 754 g/mol. The van der Waals surface area contributed by atoms with Crippen molar-refractivity contribution in [1.29, 1.82) is 0 Å². The molecule has 0 spiro atoms. The number of allylic oxidation sites excluding steroid dienone is 4. The molecule has 1 aliphatic rings. The first kappa shape index (κ1) is 46.0. The summed E-state index contributed by atoms with van der Waals surface area (Å²) in [7, 11) is -0.0414. The molecule has 43 heavy (non-hydrogen) atoms. The van der Waals surface area contributed by atoms with Crippen LogP contribution in [0.25, 0.3) is 0 Å². The topological polar surface area (TPSA) is 0 Å². The van der Waals surface area contributed by atoms with E-state index < -0.39 is 58.2 Å². The summed E-state index contributed by atoms with van der Waals surface area (Å²) in [5.74, 6) is -19.6. The minimum absolute atomic E-state index is 0. The Morgan fingerprint density at radius 2 is 0.953 bits per heavy atom. The second kappa shape index (κ2) is 20.5. The zero-order valence-electron chi connectivity index (χ0n) is 22.9. The Balaban J connectivity index is -0.000000552. The fourth-order valence-electron chi connectivity index (χ4n) is 3.72. The summed E-state index contributed by atoms with van der Waals surface area (Å²) >= 11 is 0. The molecule has 15 heteroatoms. The van der Waals surface area contributed by atoms with Crippen LogP contribution in [0.1, 0.15) is 39.2 Å². The van der Waals surface area contributed by atoms with Crippen LogP contribution in [0.15, 0.2) is 42.5 Å². The van der Waals surface area contributed by atoms with Gasteiger partial charge in [0.25, 0.3) is 0 Å². The van der Waals surface area contributed by atoms with Gasteiger partial charge in [-0.1, -0.05) is 59.9 Å². The summed E-state index contributed by atoms with van der Waals surface area (Å²) in [6.45, 7) is 9.46. The molecule has 0 N–H and O–H groups in total. The van der Waals surface area contributed by atoms with Gasteiger partial charge in [0, 0.05) is 8.41 Å². The van der Waals surface area contributed by atoms with Gasteiger partial charge in [-0.3, -0.25) is 17.6 Å². The maximum atomic E-state index is 12.0. The molecule has 0 saturated carbocycles. The van der Waals surface area contributed by atoms with Crippen molar-refractivity contribution in [3.8, 4) is 0 Å². The standard InChI is InChI=1S/C16H22P.2C6F5.B.2ClH.Zr/c1-12(2)17(13(3)4)16-11-7-10-15(16)14-8-5-6-9-14;2*7-2-1-3(8)5(10)6(11)4(2)9;;;;/h5-14H,1-4H3;;;;2*1H;/q3*-1;;;;+3. The summed E-state index contributed by atoms with van der Waals surface area (Å²) in [5, 5.41) is 1.62. The SMILES string of the molecule is CC(C)P(c1ccc[c-]1C1C=CC=C1)C(C)C.Cl.Cl.Fc1[c-]c(F)c(F)c(F)c1F.Fc1[c-]c(F)c(F)c(F)c1F.[B].[Zr+3]. The van der Waals surface area contributed by atoms with Gasteiger partial charge in [-0.2, -0.15) is 6.07 Å². The van der Waals surface area contributed by atoms with Crippen molar-refractivity contribution in [3.63, 3.8) is 0 Å². The number of benzene rings is 2. The molecule has 0 saturated heterocycles. The first-order chi connectivity index (χ1) is 18.2. The molecule has 0 fully saturated rings. The first-order valence-corrected chi connectivity index (χ1v) is 12.9. The van der Waals surface area contributed by atoms with Crippen LogP contribution < -0.4 is 5.30 Å². The Kier molecular flexibility index (Phi) is 21.9. The molecule has 4 rings (SSSR count). The van der Waals surface area contributed by atoms with Crippen LogP contribution >= 0.6 is 32.7 Å². The van der Waals surface area contributed by atoms with Crippen molar-refractivity contribution in [2.45, 2.75) is 44.9 Å². The normalized spacial score (nSPS) is 11.6. The van der Waals surface area contributed by atoms with E-state index in [1.165, 1.54) is 5.56 Å². The molecule has 232 valence electrons. The van der Waals surface area contributed by atoms with E-state index >= 15 is 0 Å². The van der Waals surface area contributed by atoms with Crippen molar-refractivity contribution in [1.82, 2.24) is 0 Å². The number of hydrogen-bond acceptors (Lipinski definition) is 0. The third kappa shape index (κ3) is 11.8. The van der Waals surface area contributed by atoms with Crippen LogP contribution in [-0.4, -0.2) is 19.7 Å². The van der Waals surface area contributed by atoms with Crippen LogP contribution in [0.4, 0.5) is 43.9 Å². The molecule has 0 bridgehead atoms. The largest absolute Gasteiger partial charge is 3.00 e. The van der Waals surface area contributed by atoms with Crippen LogP contribution in [0.5, 0.6) is 0 Å².